The zero-order valence-corrected chi connectivity index (χ0v) is 11.7. The number of halogens is 1. The summed E-state index contributed by atoms with van der Waals surface area (Å²) in [6.45, 7) is 2.01. The quantitative estimate of drug-likeness (QED) is 0.914. The second-order valence-electron chi connectivity index (χ2n) is 4.16. The highest BCUT2D eigenvalue weighted by molar-refractivity contribution is 9.10. The Balaban J connectivity index is 2.05. The molecule has 2 rings (SSSR count). The van der Waals surface area contributed by atoms with Crippen LogP contribution in [0.25, 0.3) is 0 Å². The maximum Gasteiger partial charge on any atom is 0.228 e. The van der Waals surface area contributed by atoms with Gasteiger partial charge < -0.3 is 5.32 Å². The molecule has 92 valence electrons. The van der Waals surface area contributed by atoms with Gasteiger partial charge in [-0.2, -0.15) is 0 Å². The topological polar surface area (TPSA) is 29.1 Å². The van der Waals surface area contributed by atoms with E-state index in [4.69, 9.17) is 0 Å². The number of amides is 1. The van der Waals surface area contributed by atoms with Crippen LogP contribution in [0.2, 0.25) is 0 Å². The van der Waals surface area contributed by atoms with Gasteiger partial charge in [0.25, 0.3) is 0 Å². The molecule has 0 aliphatic carbocycles. The van der Waals surface area contributed by atoms with Crippen LogP contribution >= 0.6 is 15.9 Å². The largest absolute Gasteiger partial charge is 0.326 e. The van der Waals surface area contributed by atoms with Crippen molar-refractivity contribution in [2.45, 2.75) is 13.3 Å². The monoisotopic (exact) mass is 303 g/mol. The van der Waals surface area contributed by atoms with Gasteiger partial charge in [0.2, 0.25) is 5.91 Å². The van der Waals surface area contributed by atoms with Gasteiger partial charge >= 0.3 is 0 Å². The molecule has 0 aliphatic rings. The van der Waals surface area contributed by atoms with Crippen molar-refractivity contribution in [3.8, 4) is 0 Å². The van der Waals surface area contributed by atoms with Crippen molar-refractivity contribution in [1.82, 2.24) is 0 Å². The molecule has 0 bridgehead atoms. The third-order valence-corrected chi connectivity index (χ3v) is 3.21. The van der Waals surface area contributed by atoms with Crippen LogP contribution < -0.4 is 5.32 Å². The van der Waals surface area contributed by atoms with Gasteiger partial charge in [0.05, 0.1) is 6.42 Å². The van der Waals surface area contributed by atoms with Crippen LogP contribution in [0.15, 0.2) is 53.0 Å². The number of carbonyl (C=O) groups excluding carboxylic acids is 1. The van der Waals surface area contributed by atoms with Crippen molar-refractivity contribution in [2.24, 2.45) is 0 Å². The Morgan fingerprint density at radius 3 is 2.61 bits per heavy atom. The number of rotatable bonds is 3. The predicted molar refractivity (Wildman–Crippen MR) is 77.7 cm³/mol. The molecule has 0 atom stereocenters. The van der Waals surface area contributed by atoms with Gasteiger partial charge in [-0.3, -0.25) is 4.79 Å². The molecule has 0 fully saturated rings. The summed E-state index contributed by atoms with van der Waals surface area (Å²) in [5, 5.41) is 2.88. The van der Waals surface area contributed by atoms with Crippen LogP contribution in [0, 0.1) is 6.92 Å². The summed E-state index contributed by atoms with van der Waals surface area (Å²) in [6, 6.07) is 15.5. The Morgan fingerprint density at radius 1 is 1.17 bits per heavy atom. The summed E-state index contributed by atoms with van der Waals surface area (Å²) >= 11 is 3.42. The van der Waals surface area contributed by atoms with Gasteiger partial charge in [0, 0.05) is 10.2 Å². The van der Waals surface area contributed by atoms with Crippen LogP contribution in [0.3, 0.4) is 0 Å². The predicted octanol–water partition coefficient (Wildman–Crippen LogP) is 3.94. The first-order valence-corrected chi connectivity index (χ1v) is 6.54. The second kappa shape index (κ2) is 5.83. The molecule has 0 spiro atoms. The van der Waals surface area contributed by atoms with E-state index in [0.717, 1.165) is 21.3 Å². The van der Waals surface area contributed by atoms with E-state index in [1.165, 1.54) is 0 Å². The lowest BCUT2D eigenvalue weighted by Gasteiger charge is -2.08. The lowest BCUT2D eigenvalue weighted by Crippen LogP contribution is -2.14. The molecule has 2 aromatic carbocycles. The highest BCUT2D eigenvalue weighted by Crippen LogP contribution is 2.17. The number of hydrogen-bond donors (Lipinski definition) is 1. The average molecular weight is 304 g/mol. The minimum absolute atomic E-state index is 0.00222. The summed E-state index contributed by atoms with van der Waals surface area (Å²) in [5.74, 6) is 0.00222. The smallest absolute Gasteiger partial charge is 0.228 e. The Labute approximate surface area is 115 Å². The highest BCUT2D eigenvalue weighted by Gasteiger charge is 2.06. The van der Waals surface area contributed by atoms with Crippen LogP contribution in [-0.2, 0) is 11.2 Å². The average Bonchev–Trinajstić information content (AvgIpc) is 2.35. The molecule has 0 unspecified atom stereocenters. The number of para-hydroxylation sites is 1. The van der Waals surface area contributed by atoms with E-state index in [1.54, 1.807) is 0 Å². The van der Waals surface area contributed by atoms with Gasteiger partial charge in [0.1, 0.15) is 0 Å². The molecule has 2 nitrogen and oxygen atoms in total. The standard InChI is InChI=1S/C15H14BrNO/c1-11-7-8-13(16)9-12(11)10-15(18)17-14-5-3-2-4-6-14/h2-9H,10H2,1H3,(H,17,18). The molecule has 0 radical (unpaired) electrons. The van der Waals surface area contributed by atoms with E-state index in [-0.39, 0.29) is 5.91 Å². The Morgan fingerprint density at radius 2 is 1.89 bits per heavy atom. The van der Waals surface area contributed by atoms with Crippen molar-refractivity contribution in [3.63, 3.8) is 0 Å². The minimum atomic E-state index is 0.00222. The van der Waals surface area contributed by atoms with Crippen LogP contribution in [-0.4, -0.2) is 5.91 Å². The minimum Gasteiger partial charge on any atom is -0.326 e. The first kappa shape index (κ1) is 12.8. The van der Waals surface area contributed by atoms with Gasteiger partial charge in [0.15, 0.2) is 0 Å². The lowest BCUT2D eigenvalue weighted by molar-refractivity contribution is -0.115. The van der Waals surface area contributed by atoms with Crippen molar-refractivity contribution in [2.75, 3.05) is 5.32 Å². The first-order chi connectivity index (χ1) is 8.65. The van der Waals surface area contributed by atoms with E-state index in [0.29, 0.717) is 6.42 Å². The van der Waals surface area contributed by atoms with Crippen LogP contribution in [0.4, 0.5) is 5.69 Å². The fourth-order valence-corrected chi connectivity index (χ4v) is 2.14. The SMILES string of the molecule is Cc1ccc(Br)cc1CC(=O)Nc1ccccc1. The van der Waals surface area contributed by atoms with Crippen molar-refractivity contribution < 1.29 is 4.79 Å². The second-order valence-corrected chi connectivity index (χ2v) is 5.08. The fraction of sp³-hybridized carbons (Fsp3) is 0.133. The highest BCUT2D eigenvalue weighted by atomic mass is 79.9. The summed E-state index contributed by atoms with van der Waals surface area (Å²) in [6.07, 6.45) is 0.389. The van der Waals surface area contributed by atoms with Gasteiger partial charge in [-0.15, -0.1) is 0 Å². The zero-order valence-electron chi connectivity index (χ0n) is 10.1. The molecule has 2 aromatic rings. The molecule has 1 N–H and O–H groups in total. The maximum absolute atomic E-state index is 11.9. The number of anilines is 1. The zero-order chi connectivity index (χ0) is 13.0. The number of nitrogens with one attached hydrogen (secondary N) is 1. The number of benzene rings is 2. The summed E-state index contributed by atoms with van der Waals surface area (Å²) < 4.78 is 0.996. The molecule has 0 aromatic heterocycles. The molecular formula is C15H14BrNO. The van der Waals surface area contributed by atoms with Crippen molar-refractivity contribution in [1.29, 1.82) is 0 Å². The summed E-state index contributed by atoms with van der Waals surface area (Å²) in [4.78, 5) is 11.9. The molecule has 0 saturated heterocycles. The van der Waals surface area contributed by atoms with E-state index in [9.17, 15) is 4.79 Å². The third-order valence-electron chi connectivity index (χ3n) is 2.72. The van der Waals surface area contributed by atoms with Gasteiger partial charge in [-0.05, 0) is 42.3 Å². The Kier molecular flexibility index (Phi) is 4.15. The van der Waals surface area contributed by atoms with Crippen LogP contribution in [0.1, 0.15) is 11.1 Å². The molecule has 1 amide bonds. The van der Waals surface area contributed by atoms with Crippen molar-refractivity contribution >= 4 is 27.5 Å². The van der Waals surface area contributed by atoms with Gasteiger partial charge in [-0.25, -0.2) is 0 Å². The van der Waals surface area contributed by atoms with E-state index >= 15 is 0 Å². The summed E-state index contributed by atoms with van der Waals surface area (Å²) in [7, 11) is 0. The first-order valence-electron chi connectivity index (χ1n) is 5.75. The van der Waals surface area contributed by atoms with Crippen molar-refractivity contribution in [3.05, 3.63) is 64.1 Å². The van der Waals surface area contributed by atoms with E-state index < -0.39 is 0 Å². The molecule has 0 aliphatic heterocycles. The molecular weight excluding hydrogens is 290 g/mol. The van der Waals surface area contributed by atoms with E-state index in [1.807, 2.05) is 55.5 Å². The van der Waals surface area contributed by atoms with Gasteiger partial charge in [-0.1, -0.05) is 40.2 Å². The summed E-state index contributed by atoms with van der Waals surface area (Å²) in [5.41, 5.74) is 2.99. The number of carbonyl (C=O) groups is 1. The molecule has 3 heteroatoms. The molecule has 0 saturated carbocycles. The number of hydrogen-bond acceptors (Lipinski definition) is 1. The lowest BCUT2D eigenvalue weighted by atomic mass is 10.1. The third kappa shape index (κ3) is 3.44. The van der Waals surface area contributed by atoms with Crippen LogP contribution in [0.5, 0.6) is 0 Å². The maximum atomic E-state index is 11.9. The Hall–Kier alpha value is -1.61. The normalized spacial score (nSPS) is 10.1. The fourth-order valence-electron chi connectivity index (χ4n) is 1.73. The molecule has 0 heterocycles. The Bertz CT molecular complexity index is 552. The molecule has 18 heavy (non-hydrogen) atoms. The number of aryl methyl sites for hydroxylation is 1. The van der Waals surface area contributed by atoms with E-state index in [2.05, 4.69) is 21.2 Å².